The van der Waals surface area contributed by atoms with Gasteiger partial charge in [0.05, 0.1) is 10.9 Å². The van der Waals surface area contributed by atoms with Crippen LogP contribution in [0, 0.1) is 5.92 Å². The second kappa shape index (κ2) is 8.12. The molecule has 3 unspecified atom stereocenters. The molecule has 0 aromatic heterocycles. The van der Waals surface area contributed by atoms with Crippen LogP contribution >= 0.6 is 0 Å². The number of rotatable bonds is 5. The minimum Gasteiger partial charge on any atom is -0.508 e. The van der Waals surface area contributed by atoms with Crippen molar-refractivity contribution in [3.8, 4) is 17.2 Å². The van der Waals surface area contributed by atoms with Crippen LogP contribution in [0.2, 0.25) is 0 Å². The monoisotopic (exact) mass is 431 g/mol. The third-order valence-electron chi connectivity index (χ3n) is 6.43. The molecule has 4 rings (SSSR count). The number of piperidine rings is 1. The lowest BCUT2D eigenvalue weighted by atomic mass is 9.93. The second-order valence-electron chi connectivity index (χ2n) is 8.50. The molecular weight excluding hydrogens is 402 g/mol. The number of fused-ring (bicyclic) bond motifs is 1. The molecule has 7 heteroatoms. The molecule has 1 heterocycles. The summed E-state index contributed by atoms with van der Waals surface area (Å²) >= 11 is 0. The van der Waals surface area contributed by atoms with Gasteiger partial charge in [0.1, 0.15) is 23.4 Å². The number of phenolic OH excluding ortho intramolecular Hbond substituents is 2. The number of aromatic hydroxyl groups is 2. The van der Waals surface area contributed by atoms with Crippen LogP contribution in [-0.2, 0) is 16.3 Å². The van der Waals surface area contributed by atoms with E-state index < -0.39 is 9.84 Å². The van der Waals surface area contributed by atoms with Crippen molar-refractivity contribution >= 4 is 9.84 Å². The molecule has 6 nitrogen and oxygen atoms in total. The summed E-state index contributed by atoms with van der Waals surface area (Å²) in [6.45, 7) is 4.20. The van der Waals surface area contributed by atoms with Crippen molar-refractivity contribution in [2.75, 3.05) is 19.3 Å². The van der Waals surface area contributed by atoms with Crippen molar-refractivity contribution in [2.45, 2.75) is 49.6 Å². The Morgan fingerprint density at radius 2 is 1.90 bits per heavy atom. The van der Waals surface area contributed by atoms with Crippen molar-refractivity contribution < 1.29 is 23.4 Å². The molecular formula is C23H29NO5S. The molecule has 1 aliphatic carbocycles. The molecule has 1 saturated heterocycles. The average Bonchev–Trinajstić information content (AvgIpc) is 3.06. The van der Waals surface area contributed by atoms with Gasteiger partial charge in [-0.15, -0.1) is 0 Å². The Balaban J connectivity index is 1.66. The highest BCUT2D eigenvalue weighted by Gasteiger charge is 2.41. The van der Waals surface area contributed by atoms with Crippen molar-refractivity contribution in [3.63, 3.8) is 0 Å². The SMILES string of the molecule is CCC1CCCN(C2Cc3c(O)cc(O)cc3C2Oc2ccc(S(C)(=O)=O)cc2)C1. The molecule has 162 valence electrons. The van der Waals surface area contributed by atoms with Crippen molar-refractivity contribution in [1.29, 1.82) is 0 Å². The van der Waals surface area contributed by atoms with E-state index in [9.17, 15) is 18.6 Å². The predicted octanol–water partition coefficient (Wildman–Crippen LogP) is 3.67. The number of phenols is 2. The van der Waals surface area contributed by atoms with Gasteiger partial charge < -0.3 is 14.9 Å². The van der Waals surface area contributed by atoms with E-state index in [1.807, 2.05) is 0 Å². The normalized spacial score (nSPS) is 24.5. The fourth-order valence-electron chi connectivity index (χ4n) is 4.77. The highest BCUT2D eigenvalue weighted by Crippen LogP contribution is 2.44. The zero-order chi connectivity index (χ0) is 21.5. The smallest absolute Gasteiger partial charge is 0.175 e. The molecule has 2 aromatic carbocycles. The maximum absolute atomic E-state index is 11.7. The lowest BCUT2D eigenvalue weighted by molar-refractivity contribution is 0.0467. The van der Waals surface area contributed by atoms with Gasteiger partial charge in [-0.05, 0) is 62.1 Å². The molecule has 30 heavy (non-hydrogen) atoms. The Morgan fingerprint density at radius 3 is 2.57 bits per heavy atom. The number of nitrogens with zero attached hydrogens (tertiary/aromatic N) is 1. The zero-order valence-corrected chi connectivity index (χ0v) is 18.2. The summed E-state index contributed by atoms with van der Waals surface area (Å²) in [4.78, 5) is 2.69. The summed E-state index contributed by atoms with van der Waals surface area (Å²) in [7, 11) is -3.27. The van der Waals surface area contributed by atoms with Gasteiger partial charge in [0.25, 0.3) is 0 Å². The maximum Gasteiger partial charge on any atom is 0.175 e. The van der Waals surface area contributed by atoms with Gasteiger partial charge in [0.2, 0.25) is 0 Å². The highest BCUT2D eigenvalue weighted by molar-refractivity contribution is 7.90. The van der Waals surface area contributed by atoms with Crippen molar-refractivity contribution in [3.05, 3.63) is 47.5 Å². The summed E-state index contributed by atoms with van der Waals surface area (Å²) in [5.74, 6) is 1.33. The Bertz CT molecular complexity index is 1020. The standard InChI is InChI=1S/C23H29NO5S/c1-3-15-5-4-10-24(14-15)21-13-19-20(11-16(25)12-22(19)26)23(21)29-17-6-8-18(9-7-17)30(2,27)28/h6-9,11-12,15,21,23,25-26H,3-5,10,13-14H2,1-2H3. The third-order valence-corrected chi connectivity index (χ3v) is 7.56. The van der Waals surface area contributed by atoms with Crippen LogP contribution in [0.4, 0.5) is 0 Å². The molecule has 2 aromatic rings. The summed E-state index contributed by atoms with van der Waals surface area (Å²) in [6.07, 6.45) is 5.00. The zero-order valence-electron chi connectivity index (χ0n) is 17.4. The molecule has 0 saturated carbocycles. The number of likely N-dealkylation sites (tertiary alicyclic amines) is 1. The number of sulfone groups is 1. The summed E-state index contributed by atoms with van der Waals surface area (Å²) in [5, 5.41) is 20.5. The highest BCUT2D eigenvalue weighted by atomic mass is 32.2. The van der Waals surface area contributed by atoms with E-state index in [4.69, 9.17) is 4.74 Å². The second-order valence-corrected chi connectivity index (χ2v) is 10.5. The molecule has 0 amide bonds. The first-order valence-corrected chi connectivity index (χ1v) is 12.4. The van der Waals surface area contributed by atoms with Gasteiger partial charge in [-0.1, -0.05) is 13.3 Å². The fourth-order valence-corrected chi connectivity index (χ4v) is 5.40. The van der Waals surface area contributed by atoms with Crippen LogP contribution in [0.25, 0.3) is 0 Å². The van der Waals surface area contributed by atoms with Crippen LogP contribution in [-0.4, -0.2) is 48.9 Å². The molecule has 0 spiro atoms. The molecule has 0 radical (unpaired) electrons. The predicted molar refractivity (Wildman–Crippen MR) is 115 cm³/mol. The average molecular weight is 432 g/mol. The molecule has 1 aliphatic heterocycles. The molecule has 0 bridgehead atoms. The maximum atomic E-state index is 11.7. The Hall–Kier alpha value is -2.25. The van der Waals surface area contributed by atoms with E-state index in [-0.39, 0.29) is 28.5 Å². The Morgan fingerprint density at radius 1 is 1.17 bits per heavy atom. The third kappa shape index (κ3) is 4.14. The number of hydrogen-bond donors (Lipinski definition) is 2. The number of benzene rings is 2. The Labute approximate surface area is 178 Å². The quantitative estimate of drug-likeness (QED) is 0.751. The first-order chi connectivity index (χ1) is 14.3. The number of ether oxygens (including phenoxy) is 1. The van der Waals surface area contributed by atoms with Crippen LogP contribution in [0.5, 0.6) is 17.2 Å². The lowest BCUT2D eigenvalue weighted by Crippen LogP contribution is -2.45. The van der Waals surface area contributed by atoms with Crippen molar-refractivity contribution in [1.82, 2.24) is 4.90 Å². The van der Waals surface area contributed by atoms with Crippen LogP contribution in [0.1, 0.15) is 43.4 Å². The Kier molecular flexibility index (Phi) is 5.68. The lowest BCUT2D eigenvalue weighted by Gasteiger charge is -2.39. The van der Waals surface area contributed by atoms with E-state index in [0.29, 0.717) is 18.1 Å². The number of hydrogen-bond acceptors (Lipinski definition) is 6. The van der Waals surface area contributed by atoms with Gasteiger partial charge in [0, 0.05) is 30.0 Å². The van der Waals surface area contributed by atoms with E-state index in [0.717, 1.165) is 37.1 Å². The fraction of sp³-hybridized carbons (Fsp3) is 0.478. The molecule has 2 aliphatic rings. The molecule has 3 atom stereocenters. The van der Waals surface area contributed by atoms with E-state index >= 15 is 0 Å². The summed E-state index contributed by atoms with van der Waals surface area (Å²) in [5.41, 5.74) is 1.61. The van der Waals surface area contributed by atoms with Gasteiger partial charge >= 0.3 is 0 Å². The van der Waals surface area contributed by atoms with Gasteiger partial charge in [0.15, 0.2) is 9.84 Å². The van der Waals surface area contributed by atoms with Crippen molar-refractivity contribution in [2.24, 2.45) is 5.92 Å². The first-order valence-electron chi connectivity index (χ1n) is 10.5. The van der Waals surface area contributed by atoms with E-state index in [1.54, 1.807) is 30.3 Å². The first kappa shape index (κ1) is 21.0. The van der Waals surface area contributed by atoms with Gasteiger partial charge in [-0.3, -0.25) is 4.90 Å². The summed E-state index contributed by atoms with van der Waals surface area (Å²) in [6, 6.07) is 9.53. The molecule has 1 fully saturated rings. The van der Waals surface area contributed by atoms with Crippen LogP contribution in [0.15, 0.2) is 41.3 Å². The topological polar surface area (TPSA) is 87.1 Å². The van der Waals surface area contributed by atoms with Crippen LogP contribution < -0.4 is 4.74 Å². The van der Waals surface area contributed by atoms with Crippen LogP contribution in [0.3, 0.4) is 0 Å². The van der Waals surface area contributed by atoms with E-state index in [1.165, 1.54) is 18.7 Å². The molecule has 2 N–H and O–H groups in total. The minimum absolute atomic E-state index is 0.0120. The minimum atomic E-state index is -3.27. The largest absolute Gasteiger partial charge is 0.508 e. The summed E-state index contributed by atoms with van der Waals surface area (Å²) < 4.78 is 29.8. The van der Waals surface area contributed by atoms with E-state index in [2.05, 4.69) is 11.8 Å². The van der Waals surface area contributed by atoms with Gasteiger partial charge in [-0.25, -0.2) is 8.42 Å². The van der Waals surface area contributed by atoms with Gasteiger partial charge in [-0.2, -0.15) is 0 Å².